The van der Waals surface area contributed by atoms with Crippen LogP contribution >= 0.6 is 0 Å². The van der Waals surface area contributed by atoms with E-state index in [1.807, 2.05) is 0 Å². The summed E-state index contributed by atoms with van der Waals surface area (Å²) in [7, 11) is 0. The number of nitrogens with two attached hydrogens (primary N) is 1. The molecule has 0 radical (unpaired) electrons. The zero-order valence-corrected chi connectivity index (χ0v) is 19.9. The molecule has 1 aromatic carbocycles. The van der Waals surface area contributed by atoms with Gasteiger partial charge in [0.1, 0.15) is 11.4 Å². The van der Waals surface area contributed by atoms with Gasteiger partial charge < -0.3 is 25.3 Å². The van der Waals surface area contributed by atoms with Gasteiger partial charge in [-0.15, -0.1) is 0 Å². The number of allylic oxidation sites excluding steroid dienone is 1. The minimum absolute atomic E-state index is 0.0886. The Morgan fingerprint density at radius 2 is 2.08 bits per heavy atom. The number of benzene rings is 1. The fourth-order valence-electron chi connectivity index (χ4n) is 4.02. The highest BCUT2D eigenvalue weighted by Crippen LogP contribution is 2.25. The van der Waals surface area contributed by atoms with E-state index in [9.17, 15) is 9.90 Å². The average Bonchev–Trinajstić information content (AvgIpc) is 3.26. The summed E-state index contributed by atoms with van der Waals surface area (Å²) >= 11 is 0. The SMILES string of the molecule is CC1=CC(C(C)(O)C#Cc2ccc3c(C(=O)N4CCOCC4)nn(-c4ccnc(N)n4)c3c2)C=NO1. The van der Waals surface area contributed by atoms with Crippen molar-refractivity contribution in [3.63, 3.8) is 0 Å². The van der Waals surface area contributed by atoms with Crippen molar-refractivity contribution in [1.29, 1.82) is 0 Å². The Balaban J connectivity index is 1.57. The molecule has 0 aliphatic carbocycles. The number of morpholine rings is 1. The molecule has 2 aliphatic heterocycles. The van der Waals surface area contributed by atoms with E-state index < -0.39 is 11.5 Å². The van der Waals surface area contributed by atoms with Gasteiger partial charge in [-0.1, -0.05) is 17.0 Å². The molecule has 184 valence electrons. The van der Waals surface area contributed by atoms with Crippen molar-refractivity contribution >= 4 is 29.0 Å². The Kier molecular flexibility index (Phi) is 6.13. The number of nitrogens with zero attached hydrogens (tertiary/aromatic N) is 6. The molecule has 3 N–H and O–H groups in total. The van der Waals surface area contributed by atoms with Gasteiger partial charge in [-0.2, -0.15) is 10.1 Å². The van der Waals surface area contributed by atoms with Crippen LogP contribution in [0.4, 0.5) is 5.95 Å². The number of hydrogen-bond donors (Lipinski definition) is 2. The third-order valence-corrected chi connectivity index (χ3v) is 6.00. The van der Waals surface area contributed by atoms with Crippen LogP contribution in [-0.2, 0) is 9.57 Å². The first-order chi connectivity index (χ1) is 17.3. The summed E-state index contributed by atoms with van der Waals surface area (Å²) in [5.74, 6) is 6.46. The van der Waals surface area contributed by atoms with E-state index in [1.165, 1.54) is 12.4 Å². The molecule has 4 heterocycles. The summed E-state index contributed by atoms with van der Waals surface area (Å²) in [4.78, 5) is 28.3. The lowest BCUT2D eigenvalue weighted by molar-refractivity contribution is 0.0300. The lowest BCUT2D eigenvalue weighted by Crippen LogP contribution is -2.41. The van der Waals surface area contributed by atoms with Crippen molar-refractivity contribution in [2.75, 3.05) is 32.0 Å². The Hall–Kier alpha value is -4.27. The number of anilines is 1. The molecule has 2 atom stereocenters. The van der Waals surface area contributed by atoms with Gasteiger partial charge in [-0.3, -0.25) is 4.79 Å². The number of ether oxygens (including phenoxy) is 1. The fraction of sp³-hybridized carbons (Fsp3) is 0.320. The maximum Gasteiger partial charge on any atom is 0.275 e. The molecule has 1 amide bonds. The first-order valence-corrected chi connectivity index (χ1v) is 11.4. The molecule has 5 rings (SSSR count). The number of aromatic nitrogens is 4. The molecule has 2 unspecified atom stereocenters. The van der Waals surface area contributed by atoms with E-state index >= 15 is 0 Å². The second-order valence-electron chi connectivity index (χ2n) is 8.72. The number of fused-ring (bicyclic) bond motifs is 1. The van der Waals surface area contributed by atoms with Gasteiger partial charge in [0.25, 0.3) is 5.91 Å². The quantitative estimate of drug-likeness (QED) is 0.530. The Morgan fingerprint density at radius 3 is 2.83 bits per heavy atom. The van der Waals surface area contributed by atoms with Crippen LogP contribution in [0.3, 0.4) is 0 Å². The lowest BCUT2D eigenvalue weighted by Gasteiger charge is -2.26. The molecular formula is C25H25N7O4. The Labute approximate surface area is 207 Å². The number of nitrogen functional groups attached to an aromatic ring is 1. The summed E-state index contributed by atoms with van der Waals surface area (Å²) in [6, 6.07) is 7.06. The van der Waals surface area contributed by atoms with Gasteiger partial charge in [-0.05, 0) is 38.1 Å². The summed E-state index contributed by atoms with van der Waals surface area (Å²) < 4.78 is 6.93. The summed E-state index contributed by atoms with van der Waals surface area (Å²) in [5, 5.41) is 20.0. The molecule has 0 bridgehead atoms. The maximum atomic E-state index is 13.3. The normalized spacial score (nSPS) is 19.1. The summed E-state index contributed by atoms with van der Waals surface area (Å²) in [5.41, 5.74) is 5.98. The first-order valence-electron chi connectivity index (χ1n) is 11.4. The van der Waals surface area contributed by atoms with Crippen molar-refractivity contribution in [2.24, 2.45) is 11.1 Å². The topological polar surface area (TPSA) is 141 Å². The minimum Gasteiger partial charge on any atom is -0.378 e. The molecule has 3 aromatic rings. The van der Waals surface area contributed by atoms with E-state index in [4.69, 9.17) is 15.3 Å². The van der Waals surface area contributed by atoms with E-state index in [2.05, 4.69) is 32.1 Å². The van der Waals surface area contributed by atoms with E-state index in [-0.39, 0.29) is 11.9 Å². The highest BCUT2D eigenvalue weighted by atomic mass is 16.6. The fourth-order valence-corrected chi connectivity index (χ4v) is 4.02. The number of aliphatic hydroxyl groups is 1. The molecular weight excluding hydrogens is 462 g/mol. The lowest BCUT2D eigenvalue weighted by atomic mass is 9.89. The minimum atomic E-state index is -1.37. The summed E-state index contributed by atoms with van der Waals surface area (Å²) in [6.07, 6.45) is 4.81. The van der Waals surface area contributed by atoms with Crippen molar-refractivity contribution in [1.82, 2.24) is 24.6 Å². The average molecular weight is 488 g/mol. The van der Waals surface area contributed by atoms with Crippen molar-refractivity contribution < 1.29 is 19.5 Å². The van der Waals surface area contributed by atoms with Gasteiger partial charge >= 0.3 is 0 Å². The first kappa shape index (κ1) is 23.5. The Bertz CT molecular complexity index is 1440. The maximum absolute atomic E-state index is 13.3. The van der Waals surface area contributed by atoms with Crippen molar-refractivity contribution in [3.8, 4) is 17.7 Å². The van der Waals surface area contributed by atoms with Gasteiger partial charge in [0.2, 0.25) is 5.95 Å². The Morgan fingerprint density at radius 1 is 1.28 bits per heavy atom. The number of hydrogen-bond acceptors (Lipinski definition) is 9. The van der Waals surface area contributed by atoms with Gasteiger partial charge in [0.05, 0.1) is 30.9 Å². The largest absolute Gasteiger partial charge is 0.378 e. The highest BCUT2D eigenvalue weighted by Gasteiger charge is 2.29. The smallest absolute Gasteiger partial charge is 0.275 e. The second kappa shape index (κ2) is 9.41. The zero-order chi connectivity index (χ0) is 25.3. The number of amides is 1. The number of oxime groups is 1. The second-order valence-corrected chi connectivity index (χ2v) is 8.72. The highest BCUT2D eigenvalue weighted by molar-refractivity contribution is 6.05. The van der Waals surface area contributed by atoms with Crippen LogP contribution in [0.25, 0.3) is 16.7 Å². The van der Waals surface area contributed by atoms with Gasteiger partial charge in [-0.25, -0.2) is 9.67 Å². The molecule has 1 fully saturated rings. The van der Waals surface area contributed by atoms with E-state index in [0.717, 1.165) is 0 Å². The zero-order valence-electron chi connectivity index (χ0n) is 19.9. The van der Waals surface area contributed by atoms with E-state index in [1.54, 1.807) is 53.8 Å². The molecule has 36 heavy (non-hydrogen) atoms. The summed E-state index contributed by atoms with van der Waals surface area (Å²) in [6.45, 7) is 5.35. The predicted molar refractivity (Wildman–Crippen MR) is 132 cm³/mol. The van der Waals surface area contributed by atoms with E-state index in [0.29, 0.717) is 60.0 Å². The molecule has 11 nitrogen and oxygen atoms in total. The van der Waals surface area contributed by atoms with Crippen molar-refractivity contribution in [3.05, 3.63) is 53.6 Å². The molecule has 11 heteroatoms. The molecule has 2 aromatic heterocycles. The third kappa shape index (κ3) is 4.64. The predicted octanol–water partition coefficient (Wildman–Crippen LogP) is 1.51. The van der Waals surface area contributed by atoms with Crippen LogP contribution in [0.1, 0.15) is 29.9 Å². The van der Waals surface area contributed by atoms with Crippen LogP contribution in [0, 0.1) is 17.8 Å². The standard InChI is InChI=1S/C25H25N7O4/c1-16-13-18(15-28-36-16)25(2,34)7-5-17-3-4-19-20(14-17)32(21-6-8-27-24(26)29-21)30-22(19)23(33)31-9-11-35-12-10-31/h3-4,6,8,13-15,18,34H,9-12H2,1-2H3,(H2,26,27,29). The molecule has 1 saturated heterocycles. The van der Waals surface area contributed by atoms with Crippen LogP contribution in [0.5, 0.6) is 0 Å². The number of carbonyl (C=O) groups is 1. The monoisotopic (exact) mass is 487 g/mol. The molecule has 2 aliphatic rings. The van der Waals surface area contributed by atoms with Crippen molar-refractivity contribution in [2.45, 2.75) is 19.4 Å². The number of rotatable bonds is 3. The molecule has 0 saturated carbocycles. The van der Waals surface area contributed by atoms with Gasteiger partial charge in [0.15, 0.2) is 11.5 Å². The van der Waals surface area contributed by atoms with Crippen LogP contribution in [-0.4, -0.2) is 73.8 Å². The van der Waals surface area contributed by atoms with Crippen LogP contribution in [0.15, 0.2) is 47.5 Å². The third-order valence-electron chi connectivity index (χ3n) is 6.00. The van der Waals surface area contributed by atoms with Crippen LogP contribution < -0.4 is 5.73 Å². The molecule has 0 spiro atoms. The number of carbonyl (C=O) groups excluding carboxylic acids is 1. The van der Waals surface area contributed by atoms with Crippen LogP contribution in [0.2, 0.25) is 0 Å². The van der Waals surface area contributed by atoms with Gasteiger partial charge in [0, 0.05) is 36.3 Å².